The number of rotatable bonds is 9. The minimum absolute atomic E-state index is 0.0620. The summed E-state index contributed by atoms with van der Waals surface area (Å²) in [5.74, 6) is 0.764. The van der Waals surface area contributed by atoms with Crippen LogP contribution in [0.1, 0.15) is 19.3 Å². The van der Waals surface area contributed by atoms with Crippen molar-refractivity contribution in [3.63, 3.8) is 0 Å². The minimum Gasteiger partial charge on any atom is -0.490 e. The van der Waals surface area contributed by atoms with E-state index < -0.39 is 4.92 Å². The van der Waals surface area contributed by atoms with Crippen LogP contribution in [-0.4, -0.2) is 72.5 Å². The van der Waals surface area contributed by atoms with E-state index in [9.17, 15) is 14.9 Å². The predicted octanol–water partition coefficient (Wildman–Crippen LogP) is 4.35. The van der Waals surface area contributed by atoms with Crippen LogP contribution >= 0.6 is 11.6 Å². The quantitative estimate of drug-likeness (QED) is 0.279. The van der Waals surface area contributed by atoms with E-state index in [0.717, 1.165) is 44.0 Å². The maximum Gasteiger partial charge on any atom is 0.311 e. The van der Waals surface area contributed by atoms with E-state index in [-0.39, 0.29) is 23.4 Å². The van der Waals surface area contributed by atoms with Crippen molar-refractivity contribution in [1.29, 1.82) is 0 Å². The molecular weight excluding hydrogens is 484 g/mol. The maximum atomic E-state index is 12.8. The van der Waals surface area contributed by atoms with Crippen molar-refractivity contribution in [2.45, 2.75) is 25.4 Å². The van der Waals surface area contributed by atoms with Gasteiger partial charge in [0.1, 0.15) is 11.9 Å². The van der Waals surface area contributed by atoms with Gasteiger partial charge >= 0.3 is 5.69 Å². The van der Waals surface area contributed by atoms with Crippen LogP contribution in [0.3, 0.4) is 0 Å². The first-order valence-electron chi connectivity index (χ1n) is 12.2. The van der Waals surface area contributed by atoms with Crippen molar-refractivity contribution in [3.8, 4) is 11.5 Å². The number of hydrogen-bond acceptors (Lipinski definition) is 7. The summed E-state index contributed by atoms with van der Waals surface area (Å²) in [5, 5.41) is 11.9. The molecule has 0 N–H and O–H groups in total. The van der Waals surface area contributed by atoms with Gasteiger partial charge in [0, 0.05) is 87.9 Å². The third-order valence-electron chi connectivity index (χ3n) is 6.64. The first-order valence-corrected chi connectivity index (χ1v) is 12.5. The highest BCUT2D eigenvalue weighted by Gasteiger charge is 2.26. The lowest BCUT2D eigenvalue weighted by atomic mass is 10.1. The third-order valence-corrected chi connectivity index (χ3v) is 6.89. The molecule has 4 rings (SSSR count). The van der Waals surface area contributed by atoms with E-state index in [2.05, 4.69) is 16.4 Å². The molecule has 0 unspecified atom stereocenters. The van der Waals surface area contributed by atoms with Crippen LogP contribution in [-0.2, 0) is 4.79 Å². The SMILES string of the molecule is C=COc1cc(OC2CCN(C(=O)CCN3CCN(c4ccc(Cl)cc4)CC3)CC2)ccc1[N+](=O)[O-]. The van der Waals surface area contributed by atoms with Gasteiger partial charge in [-0.25, -0.2) is 0 Å². The number of carbonyl (C=O) groups excluding carboxylic acids is 1. The van der Waals surface area contributed by atoms with Crippen molar-refractivity contribution < 1.29 is 19.2 Å². The highest BCUT2D eigenvalue weighted by atomic mass is 35.5. The Kier molecular flexibility index (Phi) is 8.66. The van der Waals surface area contributed by atoms with Crippen molar-refractivity contribution in [3.05, 3.63) is 70.4 Å². The van der Waals surface area contributed by atoms with Gasteiger partial charge in [-0.15, -0.1) is 0 Å². The van der Waals surface area contributed by atoms with E-state index >= 15 is 0 Å². The fourth-order valence-corrected chi connectivity index (χ4v) is 4.74. The molecule has 0 radical (unpaired) electrons. The number of likely N-dealkylation sites (tertiary alicyclic amines) is 1. The second kappa shape index (κ2) is 12.1. The summed E-state index contributed by atoms with van der Waals surface area (Å²) in [6, 6.07) is 12.4. The summed E-state index contributed by atoms with van der Waals surface area (Å²) in [4.78, 5) is 30.0. The topological polar surface area (TPSA) is 88.4 Å². The molecule has 0 atom stereocenters. The lowest BCUT2D eigenvalue weighted by molar-refractivity contribution is -0.385. The summed E-state index contributed by atoms with van der Waals surface area (Å²) >= 11 is 5.99. The first kappa shape index (κ1) is 25.8. The van der Waals surface area contributed by atoms with Gasteiger partial charge in [0.25, 0.3) is 0 Å². The predicted molar refractivity (Wildman–Crippen MR) is 139 cm³/mol. The standard InChI is InChI=1S/C26H31ClN4O5/c1-2-35-25-19-23(7-8-24(25)31(33)34)36-22-9-13-30(14-10-22)26(32)11-12-28-15-17-29(18-16-28)21-5-3-20(27)4-6-21/h2-8,19,22H,1,9-18H2. The average molecular weight is 515 g/mol. The molecule has 2 saturated heterocycles. The van der Waals surface area contributed by atoms with Crippen LogP contribution < -0.4 is 14.4 Å². The Hall–Kier alpha value is -3.30. The van der Waals surface area contributed by atoms with E-state index in [1.165, 1.54) is 17.8 Å². The van der Waals surface area contributed by atoms with Gasteiger partial charge in [-0.05, 0) is 30.3 Å². The average Bonchev–Trinajstić information content (AvgIpc) is 2.89. The highest BCUT2D eigenvalue weighted by Crippen LogP contribution is 2.32. The minimum atomic E-state index is -0.508. The van der Waals surface area contributed by atoms with Crippen LogP contribution in [0, 0.1) is 10.1 Å². The molecule has 0 saturated carbocycles. The zero-order valence-electron chi connectivity index (χ0n) is 20.2. The van der Waals surface area contributed by atoms with Gasteiger partial charge in [-0.1, -0.05) is 18.2 Å². The smallest absolute Gasteiger partial charge is 0.311 e. The van der Waals surface area contributed by atoms with E-state index in [0.29, 0.717) is 38.1 Å². The van der Waals surface area contributed by atoms with Crippen LogP contribution in [0.15, 0.2) is 55.3 Å². The second-order valence-corrected chi connectivity index (χ2v) is 9.36. The maximum absolute atomic E-state index is 12.8. The molecule has 2 aromatic carbocycles. The Labute approximate surface area is 216 Å². The van der Waals surface area contributed by atoms with Crippen LogP contribution in [0.5, 0.6) is 11.5 Å². The Morgan fingerprint density at radius 2 is 1.78 bits per heavy atom. The molecule has 2 heterocycles. The Balaban J connectivity index is 1.18. The Morgan fingerprint density at radius 1 is 1.08 bits per heavy atom. The molecule has 36 heavy (non-hydrogen) atoms. The Morgan fingerprint density at radius 3 is 2.42 bits per heavy atom. The molecule has 0 aromatic heterocycles. The van der Waals surface area contributed by atoms with Gasteiger partial charge in [-0.2, -0.15) is 0 Å². The number of halogens is 1. The summed E-state index contributed by atoms with van der Waals surface area (Å²) in [6.07, 6.45) is 3.01. The molecule has 0 bridgehead atoms. The zero-order valence-corrected chi connectivity index (χ0v) is 20.9. The third kappa shape index (κ3) is 6.67. The molecule has 192 valence electrons. The number of anilines is 1. The lowest BCUT2D eigenvalue weighted by Gasteiger charge is -2.37. The number of nitrogens with zero attached hydrogens (tertiary/aromatic N) is 4. The molecule has 1 amide bonds. The van der Waals surface area contributed by atoms with Crippen molar-refractivity contribution in [2.75, 3.05) is 50.7 Å². The molecule has 2 aromatic rings. The van der Waals surface area contributed by atoms with Crippen molar-refractivity contribution in [1.82, 2.24) is 9.80 Å². The number of piperidine rings is 1. The van der Waals surface area contributed by atoms with Crippen molar-refractivity contribution in [2.24, 2.45) is 0 Å². The summed E-state index contributed by atoms with van der Waals surface area (Å²) in [6.45, 7) is 9.21. The molecular formula is C26H31ClN4O5. The number of ether oxygens (including phenoxy) is 2. The summed E-state index contributed by atoms with van der Waals surface area (Å²) in [5.41, 5.74) is 1.03. The zero-order chi connectivity index (χ0) is 25.5. The van der Waals surface area contributed by atoms with Crippen LogP contribution in [0.25, 0.3) is 0 Å². The van der Waals surface area contributed by atoms with E-state index in [1.54, 1.807) is 6.07 Å². The molecule has 2 aliphatic heterocycles. The largest absolute Gasteiger partial charge is 0.490 e. The van der Waals surface area contributed by atoms with E-state index in [1.807, 2.05) is 29.2 Å². The Bertz CT molecular complexity index is 1060. The van der Waals surface area contributed by atoms with Gasteiger partial charge < -0.3 is 19.3 Å². The molecule has 9 nitrogen and oxygen atoms in total. The number of benzene rings is 2. The van der Waals surface area contributed by atoms with Gasteiger partial charge in [0.05, 0.1) is 11.2 Å². The number of amides is 1. The monoisotopic (exact) mass is 514 g/mol. The normalized spacial score (nSPS) is 17.0. The highest BCUT2D eigenvalue weighted by molar-refractivity contribution is 6.30. The number of carbonyl (C=O) groups is 1. The molecule has 0 spiro atoms. The van der Waals surface area contributed by atoms with Crippen LogP contribution in [0.2, 0.25) is 5.02 Å². The number of piperazine rings is 1. The number of nitro benzene ring substituents is 1. The summed E-state index contributed by atoms with van der Waals surface area (Å²) in [7, 11) is 0. The van der Waals surface area contributed by atoms with Gasteiger partial charge in [-0.3, -0.25) is 19.8 Å². The van der Waals surface area contributed by atoms with Crippen molar-refractivity contribution >= 4 is 28.9 Å². The number of nitro groups is 1. The van der Waals surface area contributed by atoms with Gasteiger partial charge in [0.15, 0.2) is 0 Å². The lowest BCUT2D eigenvalue weighted by Crippen LogP contribution is -2.48. The van der Waals surface area contributed by atoms with Gasteiger partial charge in [0.2, 0.25) is 11.7 Å². The fraction of sp³-hybridized carbons (Fsp3) is 0.423. The number of hydrogen-bond donors (Lipinski definition) is 0. The summed E-state index contributed by atoms with van der Waals surface area (Å²) < 4.78 is 11.2. The molecule has 0 aliphatic carbocycles. The van der Waals surface area contributed by atoms with Crippen LogP contribution in [0.4, 0.5) is 11.4 Å². The fourth-order valence-electron chi connectivity index (χ4n) is 4.61. The molecule has 10 heteroatoms. The first-order chi connectivity index (χ1) is 17.4. The molecule has 2 fully saturated rings. The van der Waals surface area contributed by atoms with E-state index in [4.69, 9.17) is 21.1 Å². The second-order valence-electron chi connectivity index (χ2n) is 8.92. The molecule has 2 aliphatic rings.